The molecule has 1 saturated heterocycles. The molecule has 6 nitrogen and oxygen atoms in total. The van der Waals surface area contributed by atoms with Gasteiger partial charge < -0.3 is 4.74 Å². The minimum Gasteiger partial charge on any atom is -0.444 e. The van der Waals surface area contributed by atoms with Crippen molar-refractivity contribution in [3.05, 3.63) is 34.9 Å². The molecule has 1 atom stereocenters. The van der Waals surface area contributed by atoms with Gasteiger partial charge in [0.15, 0.2) is 0 Å². The highest BCUT2D eigenvalue weighted by Crippen LogP contribution is 2.35. The van der Waals surface area contributed by atoms with Crippen molar-refractivity contribution in [2.24, 2.45) is 0 Å². The quantitative estimate of drug-likeness (QED) is 0.610. The van der Waals surface area contributed by atoms with E-state index in [-0.39, 0.29) is 12.1 Å². The fraction of sp³-hybridized carbons (Fsp3) is 0.529. The lowest BCUT2D eigenvalue weighted by molar-refractivity contribution is -0.216. The van der Waals surface area contributed by atoms with E-state index in [4.69, 9.17) is 4.74 Å². The van der Waals surface area contributed by atoms with Crippen molar-refractivity contribution in [2.45, 2.75) is 39.3 Å². The Kier molecular flexibility index (Phi) is 5.77. The van der Waals surface area contributed by atoms with E-state index in [1.165, 1.54) is 7.11 Å². The molecule has 1 fully saturated rings. The molecule has 1 heterocycles. The third-order valence-corrected chi connectivity index (χ3v) is 4.54. The van der Waals surface area contributed by atoms with Gasteiger partial charge in [0.25, 0.3) is 0 Å². The summed E-state index contributed by atoms with van der Waals surface area (Å²) in [5.41, 5.74) is 1.65. The average molecular weight is 353 g/mol. The Morgan fingerprint density at radius 1 is 1.29 bits per heavy atom. The van der Waals surface area contributed by atoms with E-state index in [1.807, 2.05) is 39.8 Å². The zero-order valence-electron chi connectivity index (χ0n) is 14.6. The van der Waals surface area contributed by atoms with Crippen LogP contribution in [0.5, 0.6) is 0 Å². The highest BCUT2D eigenvalue weighted by Gasteiger charge is 2.34. The first-order valence-electron chi connectivity index (χ1n) is 7.66. The van der Waals surface area contributed by atoms with Gasteiger partial charge in [0.2, 0.25) is 0 Å². The second kappa shape index (κ2) is 7.44. The van der Waals surface area contributed by atoms with E-state index in [0.29, 0.717) is 11.4 Å². The van der Waals surface area contributed by atoms with Crippen LogP contribution < -0.4 is 0 Å². The van der Waals surface area contributed by atoms with E-state index >= 15 is 0 Å². The number of carbonyl (C=O) groups is 2. The van der Waals surface area contributed by atoms with Crippen LogP contribution >= 0.6 is 11.8 Å². The van der Waals surface area contributed by atoms with E-state index in [9.17, 15) is 9.59 Å². The molecule has 0 saturated carbocycles. The van der Waals surface area contributed by atoms with Crippen molar-refractivity contribution in [3.63, 3.8) is 0 Å². The Bertz CT molecular complexity index is 626. The number of aryl methyl sites for hydroxylation is 1. The lowest BCUT2D eigenvalue weighted by atomic mass is 10.0. The Labute approximate surface area is 146 Å². The highest BCUT2D eigenvalue weighted by atomic mass is 32.2. The third kappa shape index (κ3) is 4.42. The summed E-state index contributed by atoms with van der Waals surface area (Å²) in [6.45, 7) is 7.38. The number of benzene rings is 1. The van der Waals surface area contributed by atoms with Crippen molar-refractivity contribution in [2.75, 3.05) is 18.7 Å². The number of ether oxygens (including phenoxy) is 1. The van der Waals surface area contributed by atoms with Crippen LogP contribution in [-0.2, 0) is 14.5 Å². The standard InChI is InChI=1S/C17H23NO5S/c1-11-8-12(6-7-13(11)15(19)23-21-5)14-9-24-10-18(14)16(20)22-17(2,3)4/h6-8,14H,9-10H2,1-5H3. The van der Waals surface area contributed by atoms with E-state index in [0.717, 1.165) is 16.9 Å². The van der Waals surface area contributed by atoms with Gasteiger partial charge in [0.05, 0.1) is 24.6 Å². The van der Waals surface area contributed by atoms with Gasteiger partial charge in [-0.05, 0) is 44.9 Å². The van der Waals surface area contributed by atoms with Gasteiger partial charge in [-0.2, -0.15) is 4.89 Å². The molecule has 0 bridgehead atoms. The minimum atomic E-state index is -0.536. The number of nitrogens with zero attached hydrogens (tertiary/aromatic N) is 1. The number of hydrogen-bond acceptors (Lipinski definition) is 6. The minimum absolute atomic E-state index is 0.0731. The summed E-state index contributed by atoms with van der Waals surface area (Å²) in [4.78, 5) is 34.9. The first-order valence-corrected chi connectivity index (χ1v) is 8.81. The Hall–Kier alpha value is -1.73. The number of hydrogen-bond donors (Lipinski definition) is 0. The third-order valence-electron chi connectivity index (χ3n) is 3.52. The maximum Gasteiger partial charge on any atom is 0.411 e. The van der Waals surface area contributed by atoms with Gasteiger partial charge in [0, 0.05) is 5.75 Å². The summed E-state index contributed by atoms with van der Waals surface area (Å²) in [6.07, 6.45) is -0.321. The number of thioether (sulfide) groups is 1. The largest absolute Gasteiger partial charge is 0.444 e. The predicted molar refractivity (Wildman–Crippen MR) is 91.7 cm³/mol. The van der Waals surface area contributed by atoms with Crippen LogP contribution in [0.3, 0.4) is 0 Å². The van der Waals surface area contributed by atoms with Crippen LogP contribution in [0.4, 0.5) is 4.79 Å². The Morgan fingerprint density at radius 3 is 2.58 bits per heavy atom. The molecule has 1 unspecified atom stereocenters. The van der Waals surface area contributed by atoms with E-state index < -0.39 is 11.6 Å². The fourth-order valence-corrected chi connectivity index (χ4v) is 3.65. The van der Waals surface area contributed by atoms with Gasteiger partial charge in [-0.15, -0.1) is 11.8 Å². The van der Waals surface area contributed by atoms with E-state index in [2.05, 4.69) is 9.78 Å². The Balaban J connectivity index is 2.19. The number of carbonyl (C=O) groups excluding carboxylic acids is 2. The van der Waals surface area contributed by atoms with Gasteiger partial charge in [-0.1, -0.05) is 12.1 Å². The van der Waals surface area contributed by atoms with Gasteiger partial charge >= 0.3 is 12.1 Å². The topological polar surface area (TPSA) is 65.1 Å². The van der Waals surface area contributed by atoms with Gasteiger partial charge in [-0.3, -0.25) is 9.79 Å². The van der Waals surface area contributed by atoms with Crippen LogP contribution in [0.1, 0.15) is 48.3 Å². The predicted octanol–water partition coefficient (Wildman–Crippen LogP) is 3.70. The molecule has 1 aliphatic rings. The summed E-state index contributed by atoms with van der Waals surface area (Å²) < 4.78 is 5.48. The van der Waals surface area contributed by atoms with Crippen molar-refractivity contribution in [1.82, 2.24) is 4.90 Å². The molecule has 1 aromatic rings. The van der Waals surface area contributed by atoms with Crippen LogP contribution in [0.25, 0.3) is 0 Å². The van der Waals surface area contributed by atoms with Crippen LogP contribution in [0.2, 0.25) is 0 Å². The molecule has 0 aromatic heterocycles. The summed E-state index contributed by atoms with van der Waals surface area (Å²) in [5, 5.41) is 0. The van der Waals surface area contributed by atoms with Crippen molar-refractivity contribution < 1.29 is 24.1 Å². The van der Waals surface area contributed by atoms with Gasteiger partial charge in [-0.25, -0.2) is 9.59 Å². The van der Waals surface area contributed by atoms with E-state index in [1.54, 1.807) is 22.7 Å². The SMILES string of the molecule is COOC(=O)c1ccc(C2CSCN2C(=O)OC(C)(C)C)cc1C. The smallest absolute Gasteiger partial charge is 0.411 e. The summed E-state index contributed by atoms with van der Waals surface area (Å²) in [6, 6.07) is 5.37. The summed E-state index contributed by atoms with van der Waals surface area (Å²) in [7, 11) is 1.29. The molecule has 132 valence electrons. The zero-order valence-corrected chi connectivity index (χ0v) is 15.4. The lowest BCUT2D eigenvalue weighted by Gasteiger charge is -2.28. The molecular formula is C17H23NO5S. The second-order valence-corrected chi connectivity index (χ2v) is 7.58. The van der Waals surface area contributed by atoms with Crippen LogP contribution in [0, 0.1) is 6.92 Å². The molecule has 24 heavy (non-hydrogen) atoms. The monoisotopic (exact) mass is 353 g/mol. The van der Waals surface area contributed by atoms with Crippen molar-refractivity contribution >= 4 is 23.8 Å². The number of rotatable bonds is 3. The highest BCUT2D eigenvalue weighted by molar-refractivity contribution is 7.99. The fourth-order valence-electron chi connectivity index (χ4n) is 2.46. The lowest BCUT2D eigenvalue weighted by Crippen LogP contribution is -2.36. The second-order valence-electron chi connectivity index (χ2n) is 6.58. The molecule has 0 aliphatic carbocycles. The first-order chi connectivity index (χ1) is 11.2. The molecule has 1 aromatic carbocycles. The number of amides is 1. The van der Waals surface area contributed by atoms with Gasteiger partial charge in [0.1, 0.15) is 5.60 Å². The summed E-state index contributed by atoms with van der Waals surface area (Å²) >= 11 is 1.68. The van der Waals surface area contributed by atoms with Crippen molar-refractivity contribution in [1.29, 1.82) is 0 Å². The maximum atomic E-state index is 12.4. The normalized spacial score (nSPS) is 17.7. The summed E-state index contributed by atoms with van der Waals surface area (Å²) in [5.74, 6) is 0.846. The van der Waals surface area contributed by atoms with Crippen LogP contribution in [-0.4, -0.2) is 41.3 Å². The molecule has 0 N–H and O–H groups in total. The molecular weight excluding hydrogens is 330 g/mol. The average Bonchev–Trinajstić information content (AvgIpc) is 2.95. The molecule has 0 radical (unpaired) electrons. The molecule has 0 spiro atoms. The zero-order chi connectivity index (χ0) is 17.9. The molecule has 7 heteroatoms. The molecule has 2 rings (SSSR count). The molecule has 1 amide bonds. The Morgan fingerprint density at radius 2 is 2.00 bits per heavy atom. The maximum absolute atomic E-state index is 12.4. The molecule has 1 aliphatic heterocycles. The van der Waals surface area contributed by atoms with Crippen LogP contribution in [0.15, 0.2) is 18.2 Å². The van der Waals surface area contributed by atoms with Crippen molar-refractivity contribution in [3.8, 4) is 0 Å². The first kappa shape index (κ1) is 18.6.